The molecular weight excluding hydrogens is 406 g/mol. The summed E-state index contributed by atoms with van der Waals surface area (Å²) in [5.41, 5.74) is 2.60. The van der Waals surface area contributed by atoms with Gasteiger partial charge in [0.1, 0.15) is 5.69 Å². The SMILES string of the molecule is O=C(/C=C/c1cn(-c2ccccc2)nc1-c1cccs1)NCC1CCS(=O)(=O)C1. The Labute approximate surface area is 173 Å². The Kier molecular flexibility index (Phi) is 5.64. The molecule has 0 spiro atoms. The molecule has 1 fully saturated rings. The number of nitrogens with one attached hydrogen (secondary N) is 1. The minimum atomic E-state index is -2.93. The minimum Gasteiger partial charge on any atom is -0.352 e. The maximum absolute atomic E-state index is 12.2. The summed E-state index contributed by atoms with van der Waals surface area (Å²) in [5, 5.41) is 9.51. The van der Waals surface area contributed by atoms with Crippen molar-refractivity contribution in [1.29, 1.82) is 0 Å². The quantitative estimate of drug-likeness (QED) is 0.613. The molecule has 150 valence electrons. The van der Waals surface area contributed by atoms with Gasteiger partial charge in [0, 0.05) is 24.4 Å². The number of carbonyl (C=O) groups is 1. The summed E-state index contributed by atoms with van der Waals surface area (Å²) in [6, 6.07) is 13.8. The van der Waals surface area contributed by atoms with Crippen LogP contribution in [0.5, 0.6) is 0 Å². The number of sulfone groups is 1. The van der Waals surface area contributed by atoms with Crippen molar-refractivity contribution in [3.63, 3.8) is 0 Å². The highest BCUT2D eigenvalue weighted by Gasteiger charge is 2.27. The number of hydrogen-bond donors (Lipinski definition) is 1. The van der Waals surface area contributed by atoms with Crippen LogP contribution in [0.25, 0.3) is 22.3 Å². The number of thiophene rings is 1. The molecule has 2 aromatic heterocycles. The maximum Gasteiger partial charge on any atom is 0.244 e. The summed E-state index contributed by atoms with van der Waals surface area (Å²) in [6.45, 7) is 0.378. The van der Waals surface area contributed by atoms with Crippen molar-refractivity contribution >= 4 is 33.2 Å². The lowest BCUT2D eigenvalue weighted by Gasteiger charge is -2.07. The summed E-state index contributed by atoms with van der Waals surface area (Å²) in [6.07, 6.45) is 5.74. The Morgan fingerprint density at radius 3 is 2.76 bits per heavy atom. The van der Waals surface area contributed by atoms with Crippen LogP contribution in [0.2, 0.25) is 0 Å². The van der Waals surface area contributed by atoms with Crippen molar-refractivity contribution in [2.75, 3.05) is 18.1 Å². The molecule has 1 aromatic carbocycles. The van der Waals surface area contributed by atoms with Crippen molar-refractivity contribution in [3.8, 4) is 16.3 Å². The fourth-order valence-corrected chi connectivity index (χ4v) is 5.92. The van der Waals surface area contributed by atoms with E-state index in [1.165, 1.54) is 6.08 Å². The zero-order valence-electron chi connectivity index (χ0n) is 15.7. The fourth-order valence-electron chi connectivity index (χ4n) is 3.33. The van der Waals surface area contributed by atoms with Crippen LogP contribution in [0.15, 0.2) is 60.1 Å². The van der Waals surface area contributed by atoms with E-state index < -0.39 is 9.84 Å². The monoisotopic (exact) mass is 427 g/mol. The number of rotatable bonds is 6. The van der Waals surface area contributed by atoms with Crippen LogP contribution in [-0.2, 0) is 14.6 Å². The molecule has 6 nitrogen and oxygen atoms in total. The molecule has 1 atom stereocenters. The van der Waals surface area contributed by atoms with Crippen LogP contribution in [0, 0.1) is 5.92 Å². The maximum atomic E-state index is 12.2. The summed E-state index contributed by atoms with van der Waals surface area (Å²) in [5.74, 6) is 0.133. The molecule has 3 aromatic rings. The van der Waals surface area contributed by atoms with E-state index in [9.17, 15) is 13.2 Å². The number of nitrogens with zero attached hydrogens (tertiary/aromatic N) is 2. The summed E-state index contributed by atoms with van der Waals surface area (Å²) in [7, 11) is -2.93. The number of carbonyl (C=O) groups excluding carboxylic acids is 1. The third-order valence-corrected chi connectivity index (χ3v) is 7.54. The first-order chi connectivity index (χ1) is 14.0. The number of amides is 1. The highest BCUT2D eigenvalue weighted by molar-refractivity contribution is 7.91. The molecule has 8 heteroatoms. The molecule has 1 aliphatic heterocycles. The van der Waals surface area contributed by atoms with Crippen LogP contribution < -0.4 is 5.32 Å². The smallest absolute Gasteiger partial charge is 0.244 e. The Morgan fingerprint density at radius 1 is 1.24 bits per heavy atom. The zero-order chi connectivity index (χ0) is 20.3. The number of benzene rings is 1. The van der Waals surface area contributed by atoms with Gasteiger partial charge in [0.25, 0.3) is 0 Å². The van der Waals surface area contributed by atoms with Crippen molar-refractivity contribution in [1.82, 2.24) is 15.1 Å². The first-order valence-corrected chi connectivity index (χ1v) is 12.1. The molecule has 0 bridgehead atoms. The molecule has 1 amide bonds. The lowest BCUT2D eigenvalue weighted by Crippen LogP contribution is -2.28. The predicted molar refractivity (Wildman–Crippen MR) is 116 cm³/mol. The normalized spacial score (nSPS) is 18.3. The summed E-state index contributed by atoms with van der Waals surface area (Å²) >= 11 is 1.59. The van der Waals surface area contributed by atoms with Crippen LogP contribution in [0.3, 0.4) is 0 Å². The lowest BCUT2D eigenvalue weighted by atomic mass is 10.1. The second kappa shape index (κ2) is 8.34. The second-order valence-electron chi connectivity index (χ2n) is 7.04. The Morgan fingerprint density at radius 2 is 2.07 bits per heavy atom. The molecule has 1 N–H and O–H groups in total. The average molecular weight is 428 g/mol. The predicted octanol–water partition coefficient (Wildman–Crippen LogP) is 3.16. The van der Waals surface area contributed by atoms with E-state index in [4.69, 9.17) is 5.10 Å². The molecule has 29 heavy (non-hydrogen) atoms. The van der Waals surface area contributed by atoms with Crippen LogP contribution >= 0.6 is 11.3 Å². The van der Waals surface area contributed by atoms with Crippen molar-refractivity contribution in [3.05, 3.63) is 65.7 Å². The fraction of sp³-hybridized carbons (Fsp3) is 0.238. The first kappa shape index (κ1) is 19.6. The molecule has 0 aliphatic carbocycles. The Bertz CT molecular complexity index is 1120. The molecular formula is C21H21N3O3S2. The van der Waals surface area contributed by atoms with E-state index in [0.29, 0.717) is 13.0 Å². The molecule has 4 rings (SSSR count). The van der Waals surface area contributed by atoms with Gasteiger partial charge in [-0.25, -0.2) is 13.1 Å². The second-order valence-corrected chi connectivity index (χ2v) is 10.2. The van der Waals surface area contributed by atoms with Gasteiger partial charge in [-0.05, 0) is 42.0 Å². The van der Waals surface area contributed by atoms with Crippen molar-refractivity contribution < 1.29 is 13.2 Å². The lowest BCUT2D eigenvalue weighted by molar-refractivity contribution is -0.116. The molecule has 0 saturated carbocycles. The zero-order valence-corrected chi connectivity index (χ0v) is 17.3. The molecule has 3 heterocycles. The van der Waals surface area contributed by atoms with Gasteiger partial charge in [0.2, 0.25) is 5.91 Å². The summed E-state index contributed by atoms with van der Waals surface area (Å²) < 4.78 is 24.9. The van der Waals surface area contributed by atoms with E-state index in [-0.39, 0.29) is 23.3 Å². The van der Waals surface area contributed by atoms with Gasteiger partial charge in [0.05, 0.1) is 22.1 Å². The van der Waals surface area contributed by atoms with Gasteiger partial charge in [-0.3, -0.25) is 4.79 Å². The van der Waals surface area contributed by atoms with Gasteiger partial charge < -0.3 is 5.32 Å². The van der Waals surface area contributed by atoms with Gasteiger partial charge in [0.15, 0.2) is 9.84 Å². The van der Waals surface area contributed by atoms with Crippen LogP contribution in [0.1, 0.15) is 12.0 Å². The van der Waals surface area contributed by atoms with E-state index in [1.54, 1.807) is 22.1 Å². The number of aromatic nitrogens is 2. The highest BCUT2D eigenvalue weighted by Crippen LogP contribution is 2.28. The highest BCUT2D eigenvalue weighted by atomic mass is 32.2. The van der Waals surface area contributed by atoms with Gasteiger partial charge >= 0.3 is 0 Å². The van der Waals surface area contributed by atoms with E-state index >= 15 is 0 Å². The number of para-hydroxylation sites is 1. The van der Waals surface area contributed by atoms with E-state index in [1.807, 2.05) is 54.0 Å². The minimum absolute atomic E-state index is 0.000129. The van der Waals surface area contributed by atoms with Crippen molar-refractivity contribution in [2.24, 2.45) is 5.92 Å². The first-order valence-electron chi connectivity index (χ1n) is 9.35. The molecule has 1 aliphatic rings. The van der Waals surface area contributed by atoms with Crippen molar-refractivity contribution in [2.45, 2.75) is 6.42 Å². The Balaban J connectivity index is 1.50. The van der Waals surface area contributed by atoms with Gasteiger partial charge in [-0.15, -0.1) is 11.3 Å². The third kappa shape index (κ3) is 4.83. The largest absolute Gasteiger partial charge is 0.352 e. The average Bonchev–Trinajstić information content (AvgIpc) is 3.45. The molecule has 1 saturated heterocycles. The number of hydrogen-bond acceptors (Lipinski definition) is 5. The molecule has 0 radical (unpaired) electrons. The van der Waals surface area contributed by atoms with E-state index in [2.05, 4.69) is 5.32 Å². The van der Waals surface area contributed by atoms with Crippen LogP contribution in [0.4, 0.5) is 0 Å². The van der Waals surface area contributed by atoms with Gasteiger partial charge in [-0.1, -0.05) is 24.3 Å². The molecule has 1 unspecified atom stereocenters. The Hall–Kier alpha value is -2.71. The van der Waals surface area contributed by atoms with Crippen LogP contribution in [-0.4, -0.2) is 42.2 Å². The topological polar surface area (TPSA) is 81.1 Å². The summed E-state index contributed by atoms with van der Waals surface area (Å²) in [4.78, 5) is 13.3. The third-order valence-electron chi connectivity index (χ3n) is 4.82. The standard InChI is InChI=1S/C21H21N3O3S2/c25-20(22-13-16-10-12-29(26,27)15-16)9-8-17-14-24(18-5-2-1-3-6-18)23-21(17)19-7-4-11-28-19/h1-9,11,14,16H,10,12-13,15H2,(H,22,25)/b9-8+. The van der Waals surface area contributed by atoms with Gasteiger partial charge in [-0.2, -0.15) is 5.10 Å². The van der Waals surface area contributed by atoms with E-state index in [0.717, 1.165) is 21.8 Å².